The number of unbranched alkanes of at least 4 members (excludes halogenated alkanes) is 1. The summed E-state index contributed by atoms with van der Waals surface area (Å²) in [6.45, 7) is 6.88. The first-order chi connectivity index (χ1) is 14.0. The van der Waals surface area contributed by atoms with E-state index in [0.717, 1.165) is 19.6 Å². The minimum absolute atomic E-state index is 0.141. The number of hydrogen-bond donors (Lipinski definition) is 2. The summed E-state index contributed by atoms with van der Waals surface area (Å²) in [5.41, 5.74) is 1.31. The van der Waals surface area contributed by atoms with Crippen LogP contribution in [0.15, 0.2) is 42.5 Å². The van der Waals surface area contributed by atoms with Crippen molar-refractivity contribution in [3.63, 3.8) is 0 Å². The molecule has 3 rings (SSSR count). The number of carbonyl (C=O) groups is 2. The van der Waals surface area contributed by atoms with Gasteiger partial charge in [-0.1, -0.05) is 49.4 Å². The van der Waals surface area contributed by atoms with Gasteiger partial charge in [0, 0.05) is 38.5 Å². The van der Waals surface area contributed by atoms with Gasteiger partial charge in [-0.15, -0.1) is 0 Å². The highest BCUT2D eigenvalue weighted by atomic mass is 16.4. The molecule has 2 aromatic rings. The lowest BCUT2D eigenvalue weighted by molar-refractivity contribution is -0.137. The summed E-state index contributed by atoms with van der Waals surface area (Å²) >= 11 is 0. The normalized spacial score (nSPS) is 20.1. The summed E-state index contributed by atoms with van der Waals surface area (Å²) < 4.78 is 0. The SMILES string of the molecule is CC1CN(C(=O)CCCCC(=O)O)CC1CN[C@H](C)c1cccc2ccccc12. The van der Waals surface area contributed by atoms with Crippen LogP contribution in [0.3, 0.4) is 0 Å². The van der Waals surface area contributed by atoms with Crippen LogP contribution in [0.4, 0.5) is 0 Å². The summed E-state index contributed by atoms with van der Waals surface area (Å²) in [6, 6.07) is 15.1. The van der Waals surface area contributed by atoms with Crippen LogP contribution in [-0.4, -0.2) is 41.5 Å². The molecular weight excluding hydrogens is 364 g/mol. The Morgan fingerprint density at radius 1 is 1.10 bits per heavy atom. The van der Waals surface area contributed by atoms with Gasteiger partial charge in [-0.2, -0.15) is 0 Å². The van der Waals surface area contributed by atoms with Gasteiger partial charge in [-0.25, -0.2) is 0 Å². The predicted octanol–water partition coefficient (Wildman–Crippen LogP) is 4.23. The molecule has 0 aromatic heterocycles. The molecule has 2 unspecified atom stereocenters. The lowest BCUT2D eigenvalue weighted by atomic mass is 9.96. The van der Waals surface area contributed by atoms with Crippen LogP contribution in [0.1, 0.15) is 51.1 Å². The van der Waals surface area contributed by atoms with Crippen LogP contribution < -0.4 is 5.32 Å². The van der Waals surface area contributed by atoms with Gasteiger partial charge in [0.1, 0.15) is 0 Å². The monoisotopic (exact) mass is 396 g/mol. The molecule has 5 heteroatoms. The number of fused-ring (bicyclic) bond motifs is 1. The van der Waals surface area contributed by atoms with E-state index < -0.39 is 5.97 Å². The number of hydrogen-bond acceptors (Lipinski definition) is 3. The maximum Gasteiger partial charge on any atom is 0.303 e. The van der Waals surface area contributed by atoms with Crippen molar-refractivity contribution >= 4 is 22.6 Å². The quantitative estimate of drug-likeness (QED) is 0.623. The van der Waals surface area contributed by atoms with Gasteiger partial charge in [-0.3, -0.25) is 9.59 Å². The van der Waals surface area contributed by atoms with Gasteiger partial charge in [0.2, 0.25) is 5.91 Å². The van der Waals surface area contributed by atoms with Crippen LogP contribution in [0.25, 0.3) is 10.8 Å². The molecular formula is C24H32N2O3. The first kappa shape index (κ1) is 21.3. The molecule has 2 N–H and O–H groups in total. The molecule has 2 aromatic carbocycles. The van der Waals surface area contributed by atoms with Crippen LogP contribution in [0, 0.1) is 11.8 Å². The Labute approximate surface area is 173 Å². The maximum atomic E-state index is 12.4. The topological polar surface area (TPSA) is 69.6 Å². The van der Waals surface area contributed by atoms with Gasteiger partial charge in [0.25, 0.3) is 0 Å². The summed E-state index contributed by atoms with van der Waals surface area (Å²) in [5, 5.41) is 14.9. The number of amides is 1. The number of benzene rings is 2. The van der Waals surface area contributed by atoms with E-state index in [1.807, 2.05) is 4.90 Å². The van der Waals surface area contributed by atoms with E-state index in [4.69, 9.17) is 5.11 Å². The number of nitrogens with zero attached hydrogens (tertiary/aromatic N) is 1. The summed E-state index contributed by atoms with van der Waals surface area (Å²) in [5.74, 6) is 0.270. The second-order valence-corrected chi connectivity index (χ2v) is 8.34. The van der Waals surface area contributed by atoms with Crippen molar-refractivity contribution in [3.8, 4) is 0 Å². The average Bonchev–Trinajstić information content (AvgIpc) is 3.09. The molecule has 156 valence electrons. The summed E-state index contributed by atoms with van der Waals surface area (Å²) in [4.78, 5) is 25.0. The minimum atomic E-state index is -0.793. The molecule has 0 radical (unpaired) electrons. The van der Waals surface area contributed by atoms with E-state index in [9.17, 15) is 9.59 Å². The number of rotatable bonds is 9. The highest BCUT2D eigenvalue weighted by Crippen LogP contribution is 2.27. The first-order valence-electron chi connectivity index (χ1n) is 10.7. The number of aliphatic carboxylic acids is 1. The molecule has 1 amide bonds. The molecule has 0 spiro atoms. The van der Waals surface area contributed by atoms with E-state index in [1.165, 1.54) is 16.3 Å². The lowest BCUT2D eigenvalue weighted by Gasteiger charge is -2.21. The van der Waals surface area contributed by atoms with Crippen molar-refractivity contribution in [2.75, 3.05) is 19.6 Å². The molecule has 3 atom stereocenters. The Morgan fingerprint density at radius 2 is 1.83 bits per heavy atom. The molecule has 1 aliphatic heterocycles. The molecule has 1 heterocycles. The fourth-order valence-corrected chi connectivity index (χ4v) is 4.28. The molecule has 29 heavy (non-hydrogen) atoms. The third-order valence-electron chi connectivity index (χ3n) is 6.13. The van der Waals surface area contributed by atoms with E-state index in [-0.39, 0.29) is 18.4 Å². The van der Waals surface area contributed by atoms with Gasteiger partial charge in [0.05, 0.1) is 0 Å². The highest BCUT2D eigenvalue weighted by Gasteiger charge is 2.32. The molecule has 5 nitrogen and oxygen atoms in total. The van der Waals surface area contributed by atoms with Crippen LogP contribution in [0.5, 0.6) is 0 Å². The third-order valence-corrected chi connectivity index (χ3v) is 6.13. The minimum Gasteiger partial charge on any atom is -0.481 e. The smallest absolute Gasteiger partial charge is 0.303 e. The zero-order chi connectivity index (χ0) is 20.8. The molecule has 1 aliphatic rings. The molecule has 1 saturated heterocycles. The second-order valence-electron chi connectivity index (χ2n) is 8.34. The van der Waals surface area contributed by atoms with Crippen molar-refractivity contribution in [1.29, 1.82) is 0 Å². The first-order valence-corrected chi connectivity index (χ1v) is 10.7. The van der Waals surface area contributed by atoms with Gasteiger partial charge in [0.15, 0.2) is 0 Å². The van der Waals surface area contributed by atoms with E-state index >= 15 is 0 Å². The Balaban J connectivity index is 1.50. The van der Waals surface area contributed by atoms with Crippen molar-refractivity contribution < 1.29 is 14.7 Å². The zero-order valence-electron chi connectivity index (χ0n) is 17.4. The Morgan fingerprint density at radius 3 is 2.62 bits per heavy atom. The predicted molar refractivity (Wildman–Crippen MR) is 116 cm³/mol. The largest absolute Gasteiger partial charge is 0.481 e. The third kappa shape index (κ3) is 5.57. The van der Waals surface area contributed by atoms with Gasteiger partial charge < -0.3 is 15.3 Å². The Bertz CT molecular complexity index is 846. The zero-order valence-corrected chi connectivity index (χ0v) is 17.4. The van der Waals surface area contributed by atoms with E-state index in [1.54, 1.807) is 0 Å². The van der Waals surface area contributed by atoms with E-state index in [0.29, 0.717) is 31.1 Å². The molecule has 0 bridgehead atoms. The fraction of sp³-hybridized carbons (Fsp3) is 0.500. The van der Waals surface area contributed by atoms with Crippen molar-refractivity contribution in [2.45, 2.75) is 45.6 Å². The summed E-state index contributed by atoms with van der Waals surface area (Å²) in [7, 11) is 0. The number of carboxylic acids is 1. The summed E-state index contributed by atoms with van der Waals surface area (Å²) in [6.07, 6.45) is 1.81. The van der Waals surface area contributed by atoms with Gasteiger partial charge >= 0.3 is 5.97 Å². The molecule has 1 fully saturated rings. The number of likely N-dealkylation sites (tertiary alicyclic amines) is 1. The van der Waals surface area contributed by atoms with Crippen LogP contribution >= 0.6 is 0 Å². The Hall–Kier alpha value is -2.40. The van der Waals surface area contributed by atoms with Gasteiger partial charge in [-0.05, 0) is 47.9 Å². The van der Waals surface area contributed by atoms with Crippen LogP contribution in [0.2, 0.25) is 0 Å². The Kier molecular flexibility index (Phi) is 7.26. The average molecular weight is 397 g/mol. The number of carboxylic acid groups (broad SMARTS) is 1. The highest BCUT2D eigenvalue weighted by molar-refractivity contribution is 5.86. The van der Waals surface area contributed by atoms with Crippen molar-refractivity contribution in [2.24, 2.45) is 11.8 Å². The fourth-order valence-electron chi connectivity index (χ4n) is 4.28. The van der Waals surface area contributed by atoms with Crippen molar-refractivity contribution in [3.05, 3.63) is 48.0 Å². The van der Waals surface area contributed by atoms with E-state index in [2.05, 4.69) is 61.6 Å². The maximum absolute atomic E-state index is 12.4. The standard InChI is InChI=1S/C24H32N2O3/c1-17-15-26(23(27)12-5-6-13-24(28)29)16-20(17)14-25-18(2)21-11-7-9-19-8-3-4-10-22(19)21/h3-4,7-11,17-18,20,25H,5-6,12-16H2,1-2H3,(H,28,29)/t17?,18-,20?/m1/s1. The molecule has 0 saturated carbocycles. The lowest BCUT2D eigenvalue weighted by Crippen LogP contribution is -2.31. The molecule has 0 aliphatic carbocycles. The number of carbonyl (C=O) groups excluding carboxylic acids is 1. The van der Waals surface area contributed by atoms with Crippen LogP contribution in [-0.2, 0) is 9.59 Å². The second kappa shape index (κ2) is 9.88. The van der Waals surface area contributed by atoms with Crippen molar-refractivity contribution in [1.82, 2.24) is 10.2 Å². The number of nitrogens with one attached hydrogen (secondary N) is 1.